The molecule has 1 aromatic carbocycles. The van der Waals surface area contributed by atoms with Gasteiger partial charge in [0, 0.05) is 6.42 Å². The van der Waals surface area contributed by atoms with Gasteiger partial charge in [0.2, 0.25) is 0 Å². The third kappa shape index (κ3) is 1.63. The van der Waals surface area contributed by atoms with E-state index >= 15 is 0 Å². The largest absolute Gasteiger partial charge is 0.334 e. The summed E-state index contributed by atoms with van der Waals surface area (Å²) in [6.45, 7) is 1.97. The predicted molar refractivity (Wildman–Crippen MR) is 54.1 cm³/mol. The smallest absolute Gasteiger partial charge is 0.259 e. The summed E-state index contributed by atoms with van der Waals surface area (Å²) in [5.74, 6) is 1.17. The van der Waals surface area contributed by atoms with Crippen molar-refractivity contribution in [2.75, 3.05) is 0 Å². The van der Waals surface area contributed by atoms with E-state index in [1.807, 2.05) is 25.1 Å². The van der Waals surface area contributed by atoms with Crippen molar-refractivity contribution in [3.63, 3.8) is 0 Å². The lowest BCUT2D eigenvalue weighted by Gasteiger charge is -1.95. The molecule has 1 aromatic heterocycles. The van der Waals surface area contributed by atoms with Gasteiger partial charge in [-0.1, -0.05) is 35.8 Å². The molecule has 2 rings (SSSR count). The minimum atomic E-state index is 0.479. The lowest BCUT2D eigenvalue weighted by atomic mass is 10.2. The van der Waals surface area contributed by atoms with E-state index < -0.39 is 0 Å². The molecule has 0 spiro atoms. The van der Waals surface area contributed by atoms with Crippen molar-refractivity contribution in [2.24, 2.45) is 0 Å². The van der Waals surface area contributed by atoms with Gasteiger partial charge >= 0.3 is 0 Å². The average Bonchev–Trinajstić information content (AvgIpc) is 2.67. The van der Waals surface area contributed by atoms with Gasteiger partial charge in [-0.3, -0.25) is 0 Å². The van der Waals surface area contributed by atoms with E-state index in [2.05, 4.69) is 10.1 Å². The van der Waals surface area contributed by atoms with E-state index in [1.54, 1.807) is 6.07 Å². The number of aromatic nitrogens is 2. The van der Waals surface area contributed by atoms with Crippen LogP contribution in [0.5, 0.6) is 0 Å². The third-order valence-corrected chi connectivity index (χ3v) is 2.22. The highest BCUT2D eigenvalue weighted by atomic mass is 35.5. The van der Waals surface area contributed by atoms with Crippen LogP contribution in [0.3, 0.4) is 0 Å². The number of rotatable bonds is 2. The quantitative estimate of drug-likeness (QED) is 0.762. The van der Waals surface area contributed by atoms with Crippen molar-refractivity contribution in [3.05, 3.63) is 35.1 Å². The van der Waals surface area contributed by atoms with E-state index in [0.29, 0.717) is 16.7 Å². The van der Waals surface area contributed by atoms with Gasteiger partial charge in [-0.25, -0.2) is 0 Å². The first-order valence-electron chi connectivity index (χ1n) is 4.38. The molecule has 0 N–H and O–H groups in total. The predicted octanol–water partition coefficient (Wildman–Crippen LogP) is 2.95. The minimum Gasteiger partial charge on any atom is -0.334 e. The zero-order valence-electron chi connectivity index (χ0n) is 7.70. The monoisotopic (exact) mass is 208 g/mol. The summed E-state index contributed by atoms with van der Waals surface area (Å²) in [6, 6.07) is 7.40. The van der Waals surface area contributed by atoms with Gasteiger partial charge in [0.1, 0.15) is 0 Å². The topological polar surface area (TPSA) is 38.9 Å². The molecule has 1 heterocycles. The van der Waals surface area contributed by atoms with Gasteiger partial charge in [0.25, 0.3) is 5.89 Å². The zero-order chi connectivity index (χ0) is 9.97. The van der Waals surface area contributed by atoms with Crippen molar-refractivity contribution in [2.45, 2.75) is 13.3 Å². The number of benzene rings is 1. The average molecular weight is 209 g/mol. The molecular weight excluding hydrogens is 200 g/mol. The van der Waals surface area contributed by atoms with E-state index in [1.165, 1.54) is 0 Å². The molecule has 0 amide bonds. The maximum atomic E-state index is 5.98. The van der Waals surface area contributed by atoms with Crippen LogP contribution in [0, 0.1) is 0 Å². The molecule has 14 heavy (non-hydrogen) atoms. The van der Waals surface area contributed by atoms with Gasteiger partial charge in [0.05, 0.1) is 10.6 Å². The van der Waals surface area contributed by atoms with Gasteiger partial charge in [0.15, 0.2) is 5.82 Å². The molecule has 3 nitrogen and oxygen atoms in total. The molecular formula is C10H9ClN2O. The first-order chi connectivity index (χ1) is 6.81. The van der Waals surface area contributed by atoms with Crippen LogP contribution in [-0.2, 0) is 6.42 Å². The Bertz CT molecular complexity index is 439. The molecule has 0 aliphatic carbocycles. The molecule has 72 valence electrons. The summed E-state index contributed by atoms with van der Waals surface area (Å²) in [5.41, 5.74) is 0.779. The second kappa shape index (κ2) is 3.80. The fourth-order valence-corrected chi connectivity index (χ4v) is 1.36. The summed E-state index contributed by atoms with van der Waals surface area (Å²) in [7, 11) is 0. The highest BCUT2D eigenvalue weighted by Crippen LogP contribution is 2.25. The van der Waals surface area contributed by atoms with Crippen LogP contribution in [0.1, 0.15) is 12.7 Å². The van der Waals surface area contributed by atoms with Crippen LogP contribution in [0.15, 0.2) is 28.8 Å². The Kier molecular flexibility index (Phi) is 2.50. The fraction of sp³-hybridized carbons (Fsp3) is 0.200. The minimum absolute atomic E-state index is 0.479. The van der Waals surface area contributed by atoms with Gasteiger partial charge in [-0.2, -0.15) is 4.98 Å². The maximum Gasteiger partial charge on any atom is 0.259 e. The summed E-state index contributed by atoms with van der Waals surface area (Å²) < 4.78 is 5.08. The van der Waals surface area contributed by atoms with E-state index in [4.69, 9.17) is 16.1 Å². The van der Waals surface area contributed by atoms with Crippen molar-refractivity contribution >= 4 is 11.6 Å². The molecule has 0 saturated heterocycles. The molecule has 2 aromatic rings. The molecule has 0 saturated carbocycles. The highest BCUT2D eigenvalue weighted by molar-refractivity contribution is 6.33. The summed E-state index contributed by atoms with van der Waals surface area (Å²) >= 11 is 5.98. The van der Waals surface area contributed by atoms with Gasteiger partial charge in [-0.05, 0) is 12.1 Å². The van der Waals surface area contributed by atoms with E-state index in [9.17, 15) is 0 Å². The second-order valence-electron chi connectivity index (χ2n) is 2.85. The van der Waals surface area contributed by atoms with Crippen molar-refractivity contribution in [3.8, 4) is 11.5 Å². The Morgan fingerprint density at radius 2 is 2.14 bits per heavy atom. The molecule has 0 radical (unpaired) electrons. The fourth-order valence-electron chi connectivity index (χ4n) is 1.14. The molecule has 0 aliphatic rings. The molecule has 0 bridgehead atoms. The molecule has 4 heteroatoms. The Morgan fingerprint density at radius 1 is 1.36 bits per heavy atom. The Balaban J connectivity index is 2.44. The normalized spacial score (nSPS) is 10.4. The lowest BCUT2D eigenvalue weighted by molar-refractivity contribution is 0.423. The Labute approximate surface area is 86.7 Å². The Morgan fingerprint density at radius 3 is 2.79 bits per heavy atom. The molecule has 0 unspecified atom stereocenters. The number of hydrogen-bond donors (Lipinski definition) is 0. The number of halogens is 1. The molecule has 0 atom stereocenters. The van der Waals surface area contributed by atoms with Crippen LogP contribution in [0.25, 0.3) is 11.5 Å². The van der Waals surface area contributed by atoms with Crippen LogP contribution >= 0.6 is 11.6 Å². The second-order valence-corrected chi connectivity index (χ2v) is 3.26. The van der Waals surface area contributed by atoms with Gasteiger partial charge in [-0.15, -0.1) is 0 Å². The van der Waals surface area contributed by atoms with Crippen LogP contribution in [0.4, 0.5) is 0 Å². The maximum absolute atomic E-state index is 5.98. The SMILES string of the molecule is CCc1noc(-c2ccccc2Cl)n1. The first-order valence-corrected chi connectivity index (χ1v) is 4.76. The van der Waals surface area contributed by atoms with Crippen LogP contribution in [0.2, 0.25) is 5.02 Å². The summed E-state index contributed by atoms with van der Waals surface area (Å²) in [5, 5.41) is 4.43. The van der Waals surface area contributed by atoms with E-state index in [0.717, 1.165) is 12.0 Å². The number of aryl methyl sites for hydroxylation is 1. The first kappa shape index (κ1) is 9.21. The molecule has 0 aliphatic heterocycles. The van der Waals surface area contributed by atoms with Crippen LogP contribution < -0.4 is 0 Å². The Hall–Kier alpha value is -1.35. The highest BCUT2D eigenvalue weighted by Gasteiger charge is 2.09. The van der Waals surface area contributed by atoms with Crippen molar-refractivity contribution in [1.82, 2.24) is 10.1 Å². The summed E-state index contributed by atoms with van der Waals surface area (Å²) in [4.78, 5) is 4.20. The zero-order valence-corrected chi connectivity index (χ0v) is 8.45. The van der Waals surface area contributed by atoms with E-state index in [-0.39, 0.29) is 0 Å². The standard InChI is InChI=1S/C10H9ClN2O/c1-2-9-12-10(14-13-9)7-5-3-4-6-8(7)11/h3-6H,2H2,1H3. The van der Waals surface area contributed by atoms with Crippen molar-refractivity contribution < 1.29 is 4.52 Å². The lowest BCUT2D eigenvalue weighted by Crippen LogP contribution is -1.82. The molecule has 0 fully saturated rings. The number of nitrogens with zero attached hydrogens (tertiary/aromatic N) is 2. The van der Waals surface area contributed by atoms with Crippen molar-refractivity contribution in [1.29, 1.82) is 0 Å². The van der Waals surface area contributed by atoms with Crippen LogP contribution in [-0.4, -0.2) is 10.1 Å². The van der Waals surface area contributed by atoms with Gasteiger partial charge < -0.3 is 4.52 Å². The third-order valence-electron chi connectivity index (χ3n) is 1.89. The number of hydrogen-bond acceptors (Lipinski definition) is 3. The summed E-state index contributed by atoms with van der Waals surface area (Å²) in [6.07, 6.45) is 0.758.